The van der Waals surface area contributed by atoms with Gasteiger partial charge in [0.1, 0.15) is 18.0 Å². The normalized spacial score (nSPS) is 9.24. The van der Waals surface area contributed by atoms with Crippen LogP contribution in [0.5, 0.6) is 11.5 Å². The van der Waals surface area contributed by atoms with Gasteiger partial charge in [0.2, 0.25) is 0 Å². The van der Waals surface area contributed by atoms with Crippen LogP contribution >= 0.6 is 0 Å². The van der Waals surface area contributed by atoms with E-state index in [0.29, 0.717) is 18.1 Å². The van der Waals surface area contributed by atoms with E-state index in [1.807, 2.05) is 13.0 Å². The van der Waals surface area contributed by atoms with Crippen LogP contribution in [0.3, 0.4) is 0 Å². The molecule has 1 rings (SSSR count). The molecule has 1 aromatic carbocycles. The second-order valence-corrected chi connectivity index (χ2v) is 3.29. The zero-order chi connectivity index (χ0) is 12.7. The lowest BCUT2D eigenvalue weighted by molar-refractivity contribution is 0.167. The Morgan fingerprint density at radius 3 is 2.82 bits per heavy atom. The summed E-state index contributed by atoms with van der Waals surface area (Å²) in [5.74, 6) is 1.03. The van der Waals surface area contributed by atoms with E-state index < -0.39 is 6.09 Å². The van der Waals surface area contributed by atoms with Crippen LogP contribution in [0.4, 0.5) is 4.79 Å². The summed E-state index contributed by atoms with van der Waals surface area (Å²) >= 11 is 0. The van der Waals surface area contributed by atoms with Crippen molar-refractivity contribution in [2.75, 3.05) is 20.2 Å². The molecule has 5 nitrogen and oxygen atoms in total. The first-order valence-electron chi connectivity index (χ1n) is 5.20. The van der Waals surface area contributed by atoms with Crippen LogP contribution in [0, 0.1) is 11.3 Å². The number of benzene rings is 1. The van der Waals surface area contributed by atoms with Gasteiger partial charge in [0.05, 0.1) is 12.7 Å². The van der Waals surface area contributed by atoms with Crippen molar-refractivity contribution in [1.82, 2.24) is 4.90 Å². The maximum absolute atomic E-state index is 11.5. The van der Waals surface area contributed by atoms with Crippen LogP contribution in [0.15, 0.2) is 24.3 Å². The van der Waals surface area contributed by atoms with Crippen LogP contribution in [-0.2, 0) is 0 Å². The highest BCUT2D eigenvalue weighted by Crippen LogP contribution is 2.19. The molecule has 0 atom stereocenters. The van der Waals surface area contributed by atoms with Gasteiger partial charge >= 0.3 is 6.09 Å². The maximum atomic E-state index is 11.5. The van der Waals surface area contributed by atoms with Gasteiger partial charge in [-0.3, -0.25) is 4.90 Å². The van der Waals surface area contributed by atoms with Crippen LogP contribution in [0.2, 0.25) is 0 Å². The lowest BCUT2D eigenvalue weighted by atomic mass is 10.3. The summed E-state index contributed by atoms with van der Waals surface area (Å²) in [4.78, 5) is 12.7. The van der Waals surface area contributed by atoms with E-state index in [-0.39, 0.29) is 6.54 Å². The van der Waals surface area contributed by atoms with Crippen molar-refractivity contribution in [3.63, 3.8) is 0 Å². The minimum Gasteiger partial charge on any atom is -0.494 e. The molecule has 0 unspecified atom stereocenters. The third kappa shape index (κ3) is 4.03. The smallest absolute Gasteiger partial charge is 0.415 e. The number of nitriles is 1. The van der Waals surface area contributed by atoms with Gasteiger partial charge in [-0.25, -0.2) is 4.79 Å². The standard InChI is InChI=1S/C12H14N2O3/c1-3-16-10-5-4-6-11(9-10)17-12(15)14(2)8-7-13/h4-6,9H,3,8H2,1-2H3. The Labute approximate surface area is 100 Å². The number of carbonyl (C=O) groups excluding carboxylic acids is 1. The topological polar surface area (TPSA) is 62.6 Å². The maximum Gasteiger partial charge on any atom is 0.415 e. The van der Waals surface area contributed by atoms with E-state index in [9.17, 15) is 4.79 Å². The van der Waals surface area contributed by atoms with Crippen LogP contribution in [0.1, 0.15) is 6.92 Å². The largest absolute Gasteiger partial charge is 0.494 e. The molecule has 0 N–H and O–H groups in total. The molecular weight excluding hydrogens is 220 g/mol. The van der Waals surface area contributed by atoms with Crippen molar-refractivity contribution >= 4 is 6.09 Å². The number of amides is 1. The van der Waals surface area contributed by atoms with E-state index >= 15 is 0 Å². The molecule has 17 heavy (non-hydrogen) atoms. The predicted molar refractivity (Wildman–Crippen MR) is 61.9 cm³/mol. The summed E-state index contributed by atoms with van der Waals surface area (Å²) in [5.41, 5.74) is 0. The Balaban J connectivity index is 2.65. The van der Waals surface area contributed by atoms with E-state index in [4.69, 9.17) is 14.7 Å². The van der Waals surface area contributed by atoms with Gasteiger partial charge < -0.3 is 9.47 Å². The average molecular weight is 234 g/mol. The fourth-order valence-corrected chi connectivity index (χ4v) is 1.14. The third-order valence-corrected chi connectivity index (χ3v) is 1.94. The average Bonchev–Trinajstić information content (AvgIpc) is 2.30. The Bertz CT molecular complexity index is 426. The van der Waals surface area contributed by atoms with Crippen molar-refractivity contribution in [3.8, 4) is 17.6 Å². The fraction of sp³-hybridized carbons (Fsp3) is 0.333. The Hall–Kier alpha value is -2.22. The van der Waals surface area contributed by atoms with Gasteiger partial charge in [-0.15, -0.1) is 0 Å². The SMILES string of the molecule is CCOc1cccc(OC(=O)N(C)CC#N)c1. The molecule has 0 aliphatic rings. The molecule has 0 saturated carbocycles. The minimum atomic E-state index is -0.569. The van der Waals surface area contributed by atoms with Crippen LogP contribution < -0.4 is 9.47 Å². The molecule has 0 aliphatic heterocycles. The monoisotopic (exact) mass is 234 g/mol. The highest BCUT2D eigenvalue weighted by atomic mass is 16.6. The van der Waals surface area contributed by atoms with Gasteiger partial charge in [-0.1, -0.05) is 6.07 Å². The van der Waals surface area contributed by atoms with Crippen LogP contribution in [-0.4, -0.2) is 31.2 Å². The first kappa shape index (κ1) is 12.8. The predicted octanol–water partition coefficient (Wildman–Crippen LogP) is 2.04. The minimum absolute atomic E-state index is 0.00994. The summed E-state index contributed by atoms with van der Waals surface area (Å²) in [6, 6.07) is 8.66. The fourth-order valence-electron chi connectivity index (χ4n) is 1.14. The molecule has 0 saturated heterocycles. The molecule has 0 heterocycles. The molecule has 0 aliphatic carbocycles. The second kappa shape index (κ2) is 6.38. The lowest BCUT2D eigenvalue weighted by Gasteiger charge is -2.13. The van der Waals surface area contributed by atoms with Crippen molar-refractivity contribution in [3.05, 3.63) is 24.3 Å². The molecule has 90 valence electrons. The van der Waals surface area contributed by atoms with Gasteiger partial charge in [0.15, 0.2) is 0 Å². The Morgan fingerprint density at radius 2 is 2.18 bits per heavy atom. The highest BCUT2D eigenvalue weighted by molar-refractivity contribution is 5.70. The quantitative estimate of drug-likeness (QED) is 0.748. The first-order valence-corrected chi connectivity index (χ1v) is 5.20. The van der Waals surface area contributed by atoms with E-state index in [0.717, 1.165) is 0 Å². The summed E-state index contributed by atoms with van der Waals surface area (Å²) in [6.07, 6.45) is -0.569. The number of hydrogen-bond donors (Lipinski definition) is 0. The zero-order valence-corrected chi connectivity index (χ0v) is 9.84. The number of carbonyl (C=O) groups is 1. The first-order chi connectivity index (χ1) is 8.17. The summed E-state index contributed by atoms with van der Waals surface area (Å²) < 4.78 is 10.4. The molecule has 0 radical (unpaired) electrons. The van der Waals surface area contributed by atoms with Crippen LogP contribution in [0.25, 0.3) is 0 Å². The van der Waals surface area contributed by atoms with Crippen molar-refractivity contribution in [2.45, 2.75) is 6.92 Å². The zero-order valence-electron chi connectivity index (χ0n) is 9.84. The van der Waals surface area contributed by atoms with E-state index in [1.54, 1.807) is 24.3 Å². The number of rotatable bonds is 4. The summed E-state index contributed by atoms with van der Waals surface area (Å²) in [5, 5.41) is 8.45. The molecule has 0 fully saturated rings. The molecule has 1 aromatic rings. The molecular formula is C12H14N2O3. The van der Waals surface area contributed by atoms with Gasteiger partial charge in [0, 0.05) is 13.1 Å². The molecule has 0 bridgehead atoms. The highest BCUT2D eigenvalue weighted by Gasteiger charge is 2.10. The van der Waals surface area contributed by atoms with Gasteiger partial charge in [-0.05, 0) is 19.1 Å². The van der Waals surface area contributed by atoms with Gasteiger partial charge in [0.25, 0.3) is 0 Å². The third-order valence-electron chi connectivity index (χ3n) is 1.94. The number of nitrogens with zero attached hydrogens (tertiary/aromatic N) is 2. The second-order valence-electron chi connectivity index (χ2n) is 3.29. The van der Waals surface area contributed by atoms with E-state index in [1.165, 1.54) is 11.9 Å². The number of ether oxygens (including phenoxy) is 2. The lowest BCUT2D eigenvalue weighted by Crippen LogP contribution is -2.29. The van der Waals surface area contributed by atoms with Crippen molar-refractivity contribution in [1.29, 1.82) is 5.26 Å². The summed E-state index contributed by atoms with van der Waals surface area (Å²) in [7, 11) is 1.50. The molecule has 0 spiro atoms. The molecule has 1 amide bonds. The van der Waals surface area contributed by atoms with Crippen molar-refractivity contribution in [2.24, 2.45) is 0 Å². The number of hydrogen-bond acceptors (Lipinski definition) is 4. The molecule has 0 aromatic heterocycles. The Kier molecular flexibility index (Phi) is 4.82. The van der Waals surface area contributed by atoms with Gasteiger partial charge in [-0.2, -0.15) is 5.26 Å². The van der Waals surface area contributed by atoms with Crippen molar-refractivity contribution < 1.29 is 14.3 Å². The Morgan fingerprint density at radius 1 is 1.47 bits per heavy atom. The summed E-state index contributed by atoms with van der Waals surface area (Å²) in [6.45, 7) is 2.41. The van der Waals surface area contributed by atoms with E-state index in [2.05, 4.69) is 0 Å². The molecule has 5 heteroatoms.